The van der Waals surface area contributed by atoms with Gasteiger partial charge in [0.1, 0.15) is 13.2 Å². The van der Waals surface area contributed by atoms with E-state index in [1.165, 1.54) is 6.42 Å². The highest BCUT2D eigenvalue weighted by atomic mass is 32.1. The molecule has 1 fully saturated rings. The minimum atomic E-state index is -0.514. The number of thiol groups is 1. The van der Waals surface area contributed by atoms with E-state index >= 15 is 0 Å². The molecule has 163 valence electrons. The van der Waals surface area contributed by atoms with Gasteiger partial charge in [-0.15, -0.1) is 0 Å². The first-order chi connectivity index (χ1) is 14.0. The highest BCUT2D eigenvalue weighted by Crippen LogP contribution is 2.30. The minimum absolute atomic E-state index is 0.222. The Morgan fingerprint density at radius 1 is 1.43 bits per heavy atom. The average molecular weight is 429 g/mol. The maximum atomic E-state index is 9.94. The van der Waals surface area contributed by atoms with Gasteiger partial charge >= 0.3 is 7.48 Å². The predicted molar refractivity (Wildman–Crippen MR) is 126 cm³/mol. The number of rotatable bonds is 8. The number of pyridine rings is 1. The van der Waals surface area contributed by atoms with Crippen LogP contribution in [0.25, 0.3) is 0 Å². The second-order valence-electron chi connectivity index (χ2n) is 9.18. The van der Waals surface area contributed by atoms with Crippen molar-refractivity contribution < 1.29 is 14.0 Å². The van der Waals surface area contributed by atoms with E-state index in [9.17, 15) is 5.26 Å². The van der Waals surface area contributed by atoms with E-state index in [-0.39, 0.29) is 16.9 Å². The second-order valence-corrected chi connectivity index (χ2v) is 10.3. The number of hydrogen-bond donors (Lipinski definition) is 1. The van der Waals surface area contributed by atoms with Gasteiger partial charge in [0.2, 0.25) is 0 Å². The SMILES string of the molecule is CCC(C1CCCCO1)[N+](C)=Cc1c(C)ncc([B]OC(C)(C)C(C)(C)S)c1C#N. The standard InChI is InChI=1S/C23H35BN3O2S/c1-8-20(21-11-9-10-12-28-21)27(7)15-18-16(2)26-14-19(17(18)13-25)24-29-22(3,4)23(5,6)30/h14-15,20-21H,8-12H2,1-7H3/p+1. The summed E-state index contributed by atoms with van der Waals surface area (Å²) in [4.78, 5) is 4.53. The first-order valence-corrected chi connectivity index (χ1v) is 11.3. The Labute approximate surface area is 188 Å². The van der Waals surface area contributed by atoms with Crippen molar-refractivity contribution in [2.45, 2.75) is 89.7 Å². The molecule has 0 N–H and O–H groups in total. The van der Waals surface area contributed by atoms with Crippen molar-refractivity contribution in [2.75, 3.05) is 13.7 Å². The number of ether oxygens (including phenoxy) is 1. The molecule has 0 bridgehead atoms. The van der Waals surface area contributed by atoms with Gasteiger partial charge < -0.3 is 9.39 Å². The zero-order chi connectivity index (χ0) is 22.5. The fraction of sp³-hybridized carbons (Fsp3) is 0.696. The third-order valence-corrected chi connectivity index (χ3v) is 6.87. The molecule has 2 rings (SSSR count). The van der Waals surface area contributed by atoms with Crippen LogP contribution >= 0.6 is 12.6 Å². The maximum Gasteiger partial charge on any atom is 0.333 e. The van der Waals surface area contributed by atoms with Crippen LogP contribution in [0.15, 0.2) is 6.20 Å². The second kappa shape index (κ2) is 10.3. The van der Waals surface area contributed by atoms with Crippen LogP contribution in [-0.4, -0.2) is 59.4 Å². The summed E-state index contributed by atoms with van der Waals surface area (Å²) in [6, 6.07) is 2.63. The molecule has 2 heterocycles. The fourth-order valence-electron chi connectivity index (χ4n) is 3.55. The molecule has 1 aromatic heterocycles. The van der Waals surface area contributed by atoms with Gasteiger partial charge in [0.05, 0.1) is 28.5 Å². The lowest BCUT2D eigenvalue weighted by Gasteiger charge is -2.38. The molecule has 2 unspecified atom stereocenters. The summed E-state index contributed by atoms with van der Waals surface area (Å²) in [5.41, 5.74) is 2.38. The van der Waals surface area contributed by atoms with Crippen LogP contribution in [0.5, 0.6) is 0 Å². The summed E-state index contributed by atoms with van der Waals surface area (Å²) in [6.07, 6.45) is 8.37. The number of nitrogens with zero attached hydrogens (tertiary/aromatic N) is 3. The van der Waals surface area contributed by atoms with Gasteiger partial charge in [-0.05, 0) is 59.3 Å². The van der Waals surface area contributed by atoms with E-state index in [2.05, 4.69) is 42.2 Å². The van der Waals surface area contributed by atoms with E-state index in [4.69, 9.17) is 9.39 Å². The summed E-state index contributed by atoms with van der Waals surface area (Å²) >= 11 is 4.65. The monoisotopic (exact) mass is 429 g/mol. The number of aryl methyl sites for hydroxylation is 1. The quantitative estimate of drug-likeness (QED) is 0.298. The molecule has 0 aliphatic carbocycles. The van der Waals surface area contributed by atoms with E-state index in [1.807, 2.05) is 40.8 Å². The summed E-state index contributed by atoms with van der Waals surface area (Å²) in [5, 5.41) is 9.94. The molecule has 0 saturated carbocycles. The molecule has 1 aromatic rings. The van der Waals surface area contributed by atoms with Crippen molar-refractivity contribution in [3.63, 3.8) is 0 Å². The van der Waals surface area contributed by atoms with Crippen LogP contribution < -0.4 is 5.46 Å². The Kier molecular flexibility index (Phi) is 8.56. The molecule has 7 heteroatoms. The summed E-state index contributed by atoms with van der Waals surface area (Å²) in [7, 11) is 3.70. The molecule has 0 aromatic carbocycles. The fourth-order valence-corrected chi connectivity index (χ4v) is 3.60. The van der Waals surface area contributed by atoms with Crippen LogP contribution in [0.2, 0.25) is 0 Å². The van der Waals surface area contributed by atoms with Crippen LogP contribution in [0, 0.1) is 18.3 Å². The van der Waals surface area contributed by atoms with Crippen LogP contribution in [0.3, 0.4) is 0 Å². The molecule has 5 nitrogen and oxygen atoms in total. The highest BCUT2D eigenvalue weighted by molar-refractivity contribution is 7.81. The lowest BCUT2D eigenvalue weighted by molar-refractivity contribution is -0.547. The van der Waals surface area contributed by atoms with Crippen molar-refractivity contribution in [2.24, 2.45) is 0 Å². The van der Waals surface area contributed by atoms with Gasteiger partial charge in [-0.3, -0.25) is 4.98 Å². The molecule has 1 saturated heterocycles. The van der Waals surface area contributed by atoms with Crippen LogP contribution in [-0.2, 0) is 9.39 Å². The molecule has 1 aliphatic rings. The van der Waals surface area contributed by atoms with Gasteiger partial charge in [0.15, 0.2) is 12.3 Å². The van der Waals surface area contributed by atoms with Crippen molar-refractivity contribution in [3.8, 4) is 6.07 Å². The highest BCUT2D eigenvalue weighted by Gasteiger charge is 2.35. The van der Waals surface area contributed by atoms with Gasteiger partial charge in [-0.1, -0.05) is 6.92 Å². The van der Waals surface area contributed by atoms with E-state index in [0.717, 1.165) is 37.1 Å². The normalized spacial score (nSPS) is 19.3. The molecule has 30 heavy (non-hydrogen) atoms. The van der Waals surface area contributed by atoms with Crippen molar-refractivity contribution >= 4 is 31.8 Å². The van der Waals surface area contributed by atoms with Crippen LogP contribution in [0.4, 0.5) is 0 Å². The molecule has 2 atom stereocenters. The predicted octanol–water partition coefficient (Wildman–Crippen LogP) is 3.42. The Bertz CT molecular complexity index is 806. The number of hydrogen-bond acceptors (Lipinski definition) is 5. The maximum absolute atomic E-state index is 9.94. The van der Waals surface area contributed by atoms with E-state index in [1.54, 1.807) is 13.7 Å². The number of nitriles is 1. The topological polar surface area (TPSA) is 58.1 Å². The molecule has 1 aliphatic heterocycles. The smallest absolute Gasteiger partial charge is 0.333 e. The summed E-state index contributed by atoms with van der Waals surface area (Å²) in [6.45, 7) is 12.9. The number of likely N-dealkylation sites (N-methyl/N-ethyl adjacent to an activating group) is 1. The van der Waals surface area contributed by atoms with Gasteiger partial charge in [-0.25, -0.2) is 4.58 Å². The first-order valence-electron chi connectivity index (χ1n) is 10.8. The van der Waals surface area contributed by atoms with Crippen molar-refractivity contribution in [1.82, 2.24) is 4.98 Å². The van der Waals surface area contributed by atoms with Crippen LogP contribution in [0.1, 0.15) is 77.1 Å². The van der Waals surface area contributed by atoms with Crippen molar-refractivity contribution in [3.05, 3.63) is 23.0 Å². The summed E-state index contributed by atoms with van der Waals surface area (Å²) in [5.74, 6) is 0. The zero-order valence-corrected chi connectivity index (χ0v) is 20.4. The largest absolute Gasteiger partial charge is 0.428 e. The Morgan fingerprint density at radius 3 is 2.67 bits per heavy atom. The van der Waals surface area contributed by atoms with Gasteiger partial charge in [0.25, 0.3) is 0 Å². The number of aromatic nitrogens is 1. The molecule has 0 amide bonds. The Hall–Kier alpha value is -1.36. The summed E-state index contributed by atoms with van der Waals surface area (Å²) < 4.78 is 13.9. The lowest BCUT2D eigenvalue weighted by Crippen LogP contribution is -2.46. The van der Waals surface area contributed by atoms with E-state index in [0.29, 0.717) is 11.0 Å². The zero-order valence-electron chi connectivity index (χ0n) is 19.5. The lowest BCUT2D eigenvalue weighted by atomic mass is 9.81. The van der Waals surface area contributed by atoms with Crippen molar-refractivity contribution in [1.29, 1.82) is 5.26 Å². The average Bonchev–Trinajstić information content (AvgIpc) is 2.69. The van der Waals surface area contributed by atoms with Gasteiger partial charge in [-0.2, -0.15) is 17.9 Å². The minimum Gasteiger partial charge on any atom is -0.428 e. The third-order valence-electron chi connectivity index (χ3n) is 6.33. The Morgan fingerprint density at radius 2 is 2.13 bits per heavy atom. The Balaban J connectivity index is 2.34. The molecule has 1 radical (unpaired) electrons. The first kappa shape index (κ1) is 24.9. The van der Waals surface area contributed by atoms with Gasteiger partial charge in [0, 0.05) is 24.0 Å². The molecule has 0 spiro atoms. The van der Waals surface area contributed by atoms with E-state index < -0.39 is 5.60 Å². The third kappa shape index (κ3) is 5.87. The molecular formula is C23H36BN3O2S+. The molecular weight excluding hydrogens is 393 g/mol.